The molecule has 0 aromatic carbocycles. The lowest BCUT2D eigenvalue weighted by atomic mass is 10.1. The van der Waals surface area contributed by atoms with Crippen molar-refractivity contribution < 1.29 is 9.84 Å². The fourth-order valence-electron chi connectivity index (χ4n) is 3.61. The SMILES string of the molecule is OC1CCCN(c2nc(N3CCOCC3)c3sc4nccnc4c3n2)C1. The summed E-state index contributed by atoms with van der Waals surface area (Å²) in [5.74, 6) is 1.60. The van der Waals surface area contributed by atoms with E-state index in [4.69, 9.17) is 14.7 Å². The van der Waals surface area contributed by atoms with Crippen LogP contribution in [0.15, 0.2) is 12.4 Å². The van der Waals surface area contributed by atoms with Crippen molar-refractivity contribution in [3.63, 3.8) is 0 Å². The Bertz CT molecular complexity index is 942. The summed E-state index contributed by atoms with van der Waals surface area (Å²) >= 11 is 1.59. The van der Waals surface area contributed by atoms with Crippen molar-refractivity contribution in [2.75, 3.05) is 49.2 Å². The van der Waals surface area contributed by atoms with E-state index < -0.39 is 0 Å². The van der Waals surface area contributed by atoms with Crippen molar-refractivity contribution in [1.29, 1.82) is 0 Å². The van der Waals surface area contributed by atoms with E-state index in [1.807, 2.05) is 0 Å². The number of anilines is 2. The highest BCUT2D eigenvalue weighted by atomic mass is 32.1. The summed E-state index contributed by atoms with van der Waals surface area (Å²) in [5, 5.41) is 10.1. The zero-order valence-electron chi connectivity index (χ0n) is 14.3. The van der Waals surface area contributed by atoms with Gasteiger partial charge in [-0.3, -0.25) is 0 Å². The number of β-amino-alcohol motifs (C(OH)–C–C–N with tert-alkyl or cyclic N) is 1. The van der Waals surface area contributed by atoms with Gasteiger partial charge in [-0.15, -0.1) is 11.3 Å². The van der Waals surface area contributed by atoms with Crippen molar-refractivity contribution in [1.82, 2.24) is 19.9 Å². The molecule has 3 aromatic heterocycles. The molecule has 1 unspecified atom stereocenters. The summed E-state index contributed by atoms with van der Waals surface area (Å²) in [5.41, 5.74) is 1.67. The fraction of sp³-hybridized carbons (Fsp3) is 0.529. The second-order valence-corrected chi connectivity index (χ2v) is 7.68. The van der Waals surface area contributed by atoms with Crippen LogP contribution < -0.4 is 9.80 Å². The largest absolute Gasteiger partial charge is 0.391 e. The van der Waals surface area contributed by atoms with E-state index in [1.54, 1.807) is 23.7 Å². The molecule has 136 valence electrons. The molecule has 5 heterocycles. The quantitative estimate of drug-likeness (QED) is 0.723. The lowest BCUT2D eigenvalue weighted by Gasteiger charge is -2.32. The van der Waals surface area contributed by atoms with Crippen LogP contribution in [0.3, 0.4) is 0 Å². The molecule has 0 radical (unpaired) electrons. The van der Waals surface area contributed by atoms with E-state index in [0.717, 1.165) is 58.9 Å². The van der Waals surface area contributed by atoms with E-state index in [9.17, 15) is 5.11 Å². The van der Waals surface area contributed by atoms with E-state index >= 15 is 0 Å². The maximum Gasteiger partial charge on any atom is 0.228 e. The zero-order valence-corrected chi connectivity index (χ0v) is 15.2. The van der Waals surface area contributed by atoms with Gasteiger partial charge in [0.1, 0.15) is 20.6 Å². The van der Waals surface area contributed by atoms with Crippen LogP contribution in [0.4, 0.5) is 11.8 Å². The molecule has 26 heavy (non-hydrogen) atoms. The van der Waals surface area contributed by atoms with Gasteiger partial charge in [0, 0.05) is 38.6 Å². The van der Waals surface area contributed by atoms with Gasteiger partial charge in [0.15, 0.2) is 5.82 Å². The predicted octanol–water partition coefficient (Wildman–Crippen LogP) is 1.43. The molecule has 1 N–H and O–H groups in total. The number of hydrogen-bond donors (Lipinski definition) is 1. The highest BCUT2D eigenvalue weighted by molar-refractivity contribution is 7.25. The molecular formula is C17H20N6O2S. The van der Waals surface area contributed by atoms with Gasteiger partial charge in [0.25, 0.3) is 0 Å². The third-order valence-corrected chi connectivity index (χ3v) is 5.99. The molecule has 2 aliphatic heterocycles. The standard InChI is InChI=1S/C17H20N6O2S/c24-11-2-1-5-23(10-11)17-20-12-13-16(19-4-3-18-13)26-14(12)15(21-17)22-6-8-25-9-7-22/h3-4,11,24H,1-2,5-10H2. The molecule has 2 aliphatic rings. The predicted molar refractivity (Wildman–Crippen MR) is 101 cm³/mol. The Hall–Kier alpha value is -2.10. The summed E-state index contributed by atoms with van der Waals surface area (Å²) in [6.07, 6.45) is 4.87. The van der Waals surface area contributed by atoms with Crippen LogP contribution in [0.2, 0.25) is 0 Å². The van der Waals surface area contributed by atoms with E-state index in [1.165, 1.54) is 0 Å². The lowest BCUT2D eigenvalue weighted by molar-refractivity contribution is 0.122. The topological polar surface area (TPSA) is 87.5 Å². The Morgan fingerprint density at radius 3 is 2.73 bits per heavy atom. The minimum atomic E-state index is -0.325. The van der Waals surface area contributed by atoms with Gasteiger partial charge in [-0.1, -0.05) is 0 Å². The molecule has 2 saturated heterocycles. The molecule has 9 heteroatoms. The Labute approximate surface area is 154 Å². The summed E-state index contributed by atoms with van der Waals surface area (Å²) in [7, 11) is 0. The summed E-state index contributed by atoms with van der Waals surface area (Å²) in [6, 6.07) is 0. The Kier molecular flexibility index (Phi) is 4.07. The van der Waals surface area contributed by atoms with Crippen LogP contribution >= 0.6 is 11.3 Å². The average molecular weight is 372 g/mol. The van der Waals surface area contributed by atoms with Crippen LogP contribution in [-0.4, -0.2) is 70.5 Å². The van der Waals surface area contributed by atoms with Gasteiger partial charge >= 0.3 is 0 Å². The Balaban J connectivity index is 1.69. The number of aromatic nitrogens is 4. The minimum absolute atomic E-state index is 0.325. The first-order chi connectivity index (χ1) is 12.8. The summed E-state index contributed by atoms with van der Waals surface area (Å²) in [4.78, 5) is 23.9. The number of aliphatic hydroxyl groups is 1. The second kappa shape index (κ2) is 6.57. The van der Waals surface area contributed by atoms with Gasteiger partial charge in [-0.2, -0.15) is 4.98 Å². The van der Waals surface area contributed by atoms with Crippen LogP contribution in [0, 0.1) is 0 Å². The number of aliphatic hydroxyl groups excluding tert-OH is 1. The smallest absolute Gasteiger partial charge is 0.228 e. The average Bonchev–Trinajstić information content (AvgIpc) is 3.06. The van der Waals surface area contributed by atoms with Gasteiger partial charge in [-0.05, 0) is 12.8 Å². The highest BCUT2D eigenvalue weighted by Crippen LogP contribution is 2.37. The third-order valence-electron chi connectivity index (χ3n) is 4.91. The number of hydrogen-bond acceptors (Lipinski definition) is 9. The van der Waals surface area contributed by atoms with Crippen LogP contribution in [0.5, 0.6) is 0 Å². The molecule has 3 aromatic rings. The number of rotatable bonds is 2. The zero-order chi connectivity index (χ0) is 17.5. The summed E-state index contributed by atoms with van der Waals surface area (Å²) in [6.45, 7) is 4.45. The van der Waals surface area contributed by atoms with Crippen molar-refractivity contribution in [2.24, 2.45) is 0 Å². The van der Waals surface area contributed by atoms with Crippen molar-refractivity contribution in [3.05, 3.63) is 12.4 Å². The first kappa shape index (κ1) is 16.1. The van der Waals surface area contributed by atoms with Gasteiger partial charge in [0.05, 0.1) is 19.3 Å². The van der Waals surface area contributed by atoms with Crippen molar-refractivity contribution >= 4 is 43.7 Å². The van der Waals surface area contributed by atoms with Crippen LogP contribution in [0.25, 0.3) is 20.6 Å². The third kappa shape index (κ3) is 2.76. The highest BCUT2D eigenvalue weighted by Gasteiger charge is 2.25. The second-order valence-electron chi connectivity index (χ2n) is 6.68. The van der Waals surface area contributed by atoms with Gasteiger partial charge in [0.2, 0.25) is 5.95 Å². The molecular weight excluding hydrogens is 352 g/mol. The number of piperidine rings is 1. The normalized spacial score (nSPS) is 21.7. The summed E-state index contributed by atoms with van der Waals surface area (Å²) < 4.78 is 6.53. The van der Waals surface area contributed by atoms with E-state index in [0.29, 0.717) is 25.7 Å². The fourth-order valence-corrected chi connectivity index (χ4v) is 4.67. The molecule has 8 nitrogen and oxygen atoms in total. The molecule has 0 spiro atoms. The lowest BCUT2D eigenvalue weighted by Crippen LogP contribution is -2.40. The van der Waals surface area contributed by atoms with E-state index in [-0.39, 0.29) is 6.10 Å². The van der Waals surface area contributed by atoms with Crippen LogP contribution in [0.1, 0.15) is 12.8 Å². The molecule has 0 saturated carbocycles. The first-order valence-corrected chi connectivity index (χ1v) is 9.78. The number of fused-ring (bicyclic) bond motifs is 3. The maximum absolute atomic E-state index is 10.1. The van der Waals surface area contributed by atoms with E-state index in [2.05, 4.69) is 19.8 Å². The Morgan fingerprint density at radius 1 is 1.04 bits per heavy atom. The van der Waals surface area contributed by atoms with Crippen molar-refractivity contribution in [3.8, 4) is 0 Å². The van der Waals surface area contributed by atoms with Crippen molar-refractivity contribution in [2.45, 2.75) is 18.9 Å². The maximum atomic E-state index is 10.1. The Morgan fingerprint density at radius 2 is 1.88 bits per heavy atom. The number of thiophene rings is 1. The first-order valence-electron chi connectivity index (χ1n) is 8.96. The van der Waals surface area contributed by atoms with Gasteiger partial charge < -0.3 is 19.6 Å². The monoisotopic (exact) mass is 372 g/mol. The molecule has 2 fully saturated rings. The molecule has 0 amide bonds. The molecule has 0 aliphatic carbocycles. The number of morpholine rings is 1. The molecule has 5 rings (SSSR count). The molecule has 1 atom stereocenters. The van der Waals surface area contributed by atoms with Crippen LogP contribution in [-0.2, 0) is 4.74 Å². The van der Waals surface area contributed by atoms with Gasteiger partial charge in [-0.25, -0.2) is 15.0 Å². The molecule has 0 bridgehead atoms. The number of ether oxygens (including phenoxy) is 1. The minimum Gasteiger partial charge on any atom is -0.391 e. The number of nitrogens with zero attached hydrogens (tertiary/aromatic N) is 6.